The van der Waals surface area contributed by atoms with Crippen molar-refractivity contribution >= 4 is 17.4 Å². The van der Waals surface area contributed by atoms with E-state index >= 15 is 0 Å². The van der Waals surface area contributed by atoms with E-state index in [1.807, 2.05) is 49.4 Å². The Morgan fingerprint density at radius 3 is 2.50 bits per heavy atom. The Balaban J connectivity index is 2.29. The van der Waals surface area contributed by atoms with Gasteiger partial charge in [0, 0.05) is 0 Å². The first kappa shape index (κ1) is 12.9. The molecule has 0 amide bonds. The predicted octanol–water partition coefficient (Wildman–Crippen LogP) is 3.05. The maximum Gasteiger partial charge on any atom is 0.131 e. The van der Waals surface area contributed by atoms with Gasteiger partial charge in [-0.2, -0.15) is 0 Å². The van der Waals surface area contributed by atoms with Crippen molar-refractivity contribution in [3.63, 3.8) is 0 Å². The van der Waals surface area contributed by atoms with Gasteiger partial charge in [-0.05, 0) is 24.6 Å². The van der Waals surface area contributed by atoms with Crippen molar-refractivity contribution in [2.45, 2.75) is 12.5 Å². The first-order chi connectivity index (χ1) is 8.64. The van der Waals surface area contributed by atoms with Crippen LogP contribution in [0.3, 0.4) is 0 Å². The lowest BCUT2D eigenvalue weighted by Gasteiger charge is -2.30. The molecule has 1 aromatic carbocycles. The highest BCUT2D eigenvalue weighted by Gasteiger charge is 2.25. The van der Waals surface area contributed by atoms with Crippen LogP contribution in [-0.4, -0.2) is 16.7 Å². The van der Waals surface area contributed by atoms with Crippen LogP contribution in [0.4, 0.5) is 5.82 Å². The molecular formula is C14H15ClN2O. The van der Waals surface area contributed by atoms with Gasteiger partial charge in [0.1, 0.15) is 11.0 Å². The van der Waals surface area contributed by atoms with Gasteiger partial charge in [0.15, 0.2) is 0 Å². The zero-order chi connectivity index (χ0) is 13.0. The van der Waals surface area contributed by atoms with Gasteiger partial charge in [-0.1, -0.05) is 48.0 Å². The maximum absolute atomic E-state index is 9.65. The molecule has 0 radical (unpaired) electrons. The Labute approximate surface area is 111 Å². The Morgan fingerprint density at radius 2 is 1.89 bits per heavy atom. The molecule has 94 valence electrons. The zero-order valence-electron chi connectivity index (χ0n) is 10.1. The number of aliphatic hydroxyl groups is 1. The second-order valence-electron chi connectivity index (χ2n) is 4.33. The second-order valence-corrected chi connectivity index (χ2v) is 4.71. The summed E-state index contributed by atoms with van der Waals surface area (Å²) in [5.74, 6) is 0.642. The van der Waals surface area contributed by atoms with E-state index < -0.39 is 5.54 Å². The molecule has 3 nitrogen and oxygen atoms in total. The minimum atomic E-state index is -0.584. The third-order valence-corrected chi connectivity index (χ3v) is 3.06. The highest BCUT2D eigenvalue weighted by Crippen LogP contribution is 2.25. The fraction of sp³-hybridized carbons (Fsp3) is 0.214. The summed E-state index contributed by atoms with van der Waals surface area (Å²) in [6.07, 6.45) is 0. The summed E-state index contributed by atoms with van der Waals surface area (Å²) in [5.41, 5.74) is 0.410. The number of anilines is 1. The molecule has 0 spiro atoms. The molecule has 1 heterocycles. The van der Waals surface area contributed by atoms with Crippen LogP contribution in [0.2, 0.25) is 5.15 Å². The van der Waals surface area contributed by atoms with Crippen LogP contribution in [0.5, 0.6) is 0 Å². The van der Waals surface area contributed by atoms with Crippen molar-refractivity contribution in [1.82, 2.24) is 4.98 Å². The summed E-state index contributed by atoms with van der Waals surface area (Å²) in [5, 5.41) is 13.3. The van der Waals surface area contributed by atoms with E-state index in [-0.39, 0.29) is 6.61 Å². The van der Waals surface area contributed by atoms with Crippen LogP contribution in [0, 0.1) is 0 Å². The number of hydrogen-bond donors (Lipinski definition) is 2. The normalized spacial score (nSPS) is 13.9. The van der Waals surface area contributed by atoms with E-state index in [9.17, 15) is 5.11 Å². The van der Waals surface area contributed by atoms with E-state index in [4.69, 9.17) is 11.6 Å². The Bertz CT molecular complexity index is 518. The molecule has 4 heteroatoms. The number of nitrogens with one attached hydrogen (secondary N) is 1. The molecule has 1 aromatic heterocycles. The van der Waals surface area contributed by atoms with E-state index in [0.29, 0.717) is 11.0 Å². The van der Waals surface area contributed by atoms with E-state index in [1.54, 1.807) is 6.07 Å². The molecule has 0 saturated heterocycles. The average molecular weight is 263 g/mol. The SMILES string of the molecule is CC(CO)(Nc1cccc(Cl)n1)c1ccccc1. The molecule has 0 aliphatic carbocycles. The third-order valence-electron chi connectivity index (χ3n) is 2.85. The minimum Gasteiger partial charge on any atom is -0.394 e. The average Bonchev–Trinajstić information content (AvgIpc) is 2.39. The molecule has 2 aromatic rings. The first-order valence-electron chi connectivity index (χ1n) is 5.71. The molecule has 18 heavy (non-hydrogen) atoms. The fourth-order valence-corrected chi connectivity index (χ4v) is 1.93. The van der Waals surface area contributed by atoms with Gasteiger partial charge in [-0.15, -0.1) is 0 Å². The lowest BCUT2D eigenvalue weighted by atomic mass is 9.93. The number of hydrogen-bond acceptors (Lipinski definition) is 3. The summed E-state index contributed by atoms with van der Waals surface area (Å²) in [6, 6.07) is 15.1. The zero-order valence-corrected chi connectivity index (χ0v) is 10.9. The summed E-state index contributed by atoms with van der Waals surface area (Å²) < 4.78 is 0. The second kappa shape index (κ2) is 5.38. The van der Waals surface area contributed by atoms with Gasteiger partial charge in [0.25, 0.3) is 0 Å². The molecule has 2 rings (SSSR count). The first-order valence-corrected chi connectivity index (χ1v) is 6.09. The topological polar surface area (TPSA) is 45.1 Å². The van der Waals surface area contributed by atoms with Crippen LogP contribution in [0.15, 0.2) is 48.5 Å². The number of halogens is 1. The van der Waals surface area contributed by atoms with Crippen molar-refractivity contribution in [1.29, 1.82) is 0 Å². The van der Waals surface area contributed by atoms with Crippen LogP contribution >= 0.6 is 11.6 Å². The van der Waals surface area contributed by atoms with Crippen molar-refractivity contribution in [3.8, 4) is 0 Å². The van der Waals surface area contributed by atoms with Crippen LogP contribution in [-0.2, 0) is 5.54 Å². The largest absolute Gasteiger partial charge is 0.394 e. The molecule has 1 unspecified atom stereocenters. The molecule has 0 aliphatic rings. The lowest BCUT2D eigenvalue weighted by molar-refractivity contribution is 0.223. The number of aromatic nitrogens is 1. The smallest absolute Gasteiger partial charge is 0.131 e. The van der Waals surface area contributed by atoms with Gasteiger partial charge in [-0.25, -0.2) is 4.98 Å². The quantitative estimate of drug-likeness (QED) is 0.833. The van der Waals surface area contributed by atoms with E-state index in [0.717, 1.165) is 5.56 Å². The molecule has 1 atom stereocenters. The summed E-state index contributed by atoms with van der Waals surface area (Å²) in [7, 11) is 0. The molecular weight excluding hydrogens is 248 g/mol. The molecule has 0 saturated carbocycles. The molecule has 0 fully saturated rings. The predicted molar refractivity (Wildman–Crippen MR) is 73.7 cm³/mol. The summed E-state index contributed by atoms with van der Waals surface area (Å²) >= 11 is 5.85. The highest BCUT2D eigenvalue weighted by atomic mass is 35.5. The van der Waals surface area contributed by atoms with Gasteiger partial charge >= 0.3 is 0 Å². The Kier molecular flexibility index (Phi) is 3.84. The summed E-state index contributed by atoms with van der Waals surface area (Å²) in [6.45, 7) is 1.89. The maximum atomic E-state index is 9.65. The Hall–Kier alpha value is -1.58. The standard InChI is InChI=1S/C14H15ClN2O/c1-14(10-18,11-6-3-2-4-7-11)17-13-9-5-8-12(15)16-13/h2-9,18H,10H2,1H3,(H,16,17). The van der Waals surface area contributed by atoms with Crippen LogP contribution < -0.4 is 5.32 Å². The molecule has 0 aliphatic heterocycles. The number of pyridine rings is 1. The number of rotatable bonds is 4. The van der Waals surface area contributed by atoms with Gasteiger partial charge in [0.2, 0.25) is 0 Å². The van der Waals surface area contributed by atoms with Gasteiger partial charge in [0.05, 0.1) is 12.1 Å². The minimum absolute atomic E-state index is 0.0365. The number of nitrogens with zero attached hydrogens (tertiary/aromatic N) is 1. The van der Waals surface area contributed by atoms with Crippen molar-refractivity contribution in [2.24, 2.45) is 0 Å². The monoisotopic (exact) mass is 262 g/mol. The van der Waals surface area contributed by atoms with E-state index in [2.05, 4.69) is 10.3 Å². The van der Waals surface area contributed by atoms with Gasteiger partial charge in [-0.3, -0.25) is 0 Å². The molecule has 2 N–H and O–H groups in total. The lowest BCUT2D eigenvalue weighted by Crippen LogP contribution is -2.36. The van der Waals surface area contributed by atoms with E-state index in [1.165, 1.54) is 0 Å². The van der Waals surface area contributed by atoms with Crippen LogP contribution in [0.1, 0.15) is 12.5 Å². The van der Waals surface area contributed by atoms with Crippen molar-refractivity contribution in [2.75, 3.05) is 11.9 Å². The van der Waals surface area contributed by atoms with Gasteiger partial charge < -0.3 is 10.4 Å². The summed E-state index contributed by atoms with van der Waals surface area (Å²) in [4.78, 5) is 4.17. The number of benzene rings is 1. The Morgan fingerprint density at radius 1 is 1.17 bits per heavy atom. The fourth-order valence-electron chi connectivity index (χ4n) is 1.77. The highest BCUT2D eigenvalue weighted by molar-refractivity contribution is 6.29. The third kappa shape index (κ3) is 2.81. The molecule has 0 bridgehead atoms. The van der Waals surface area contributed by atoms with Crippen LogP contribution in [0.25, 0.3) is 0 Å². The van der Waals surface area contributed by atoms with Crippen molar-refractivity contribution in [3.05, 3.63) is 59.2 Å². The van der Waals surface area contributed by atoms with Crippen molar-refractivity contribution < 1.29 is 5.11 Å². The number of aliphatic hydroxyl groups excluding tert-OH is 1.